The van der Waals surface area contributed by atoms with Crippen molar-refractivity contribution in [2.75, 3.05) is 0 Å². The van der Waals surface area contributed by atoms with Gasteiger partial charge in [0.25, 0.3) is 0 Å². The second kappa shape index (κ2) is 7.40. The molecule has 0 aromatic heterocycles. The first-order chi connectivity index (χ1) is 12.1. The molecule has 4 nitrogen and oxygen atoms in total. The van der Waals surface area contributed by atoms with E-state index >= 15 is 0 Å². The quantitative estimate of drug-likeness (QED) is 0.178. The number of halogens is 1. The van der Waals surface area contributed by atoms with E-state index in [9.17, 15) is 14.4 Å². The van der Waals surface area contributed by atoms with Gasteiger partial charge >= 0.3 is 5.97 Å². The molecule has 3 aromatic carbocycles. The lowest BCUT2D eigenvalue weighted by molar-refractivity contribution is -0.354. The van der Waals surface area contributed by atoms with Crippen molar-refractivity contribution >= 4 is 17.9 Å². The van der Waals surface area contributed by atoms with Crippen LogP contribution >= 0.6 is 0 Å². The van der Waals surface area contributed by atoms with E-state index in [1.165, 1.54) is 30.5 Å². The van der Waals surface area contributed by atoms with Crippen LogP contribution in [0.3, 0.4) is 0 Å². The van der Waals surface area contributed by atoms with Crippen molar-refractivity contribution in [3.63, 3.8) is 0 Å². The minimum Gasteiger partial charge on any atom is -0.618 e. The third kappa shape index (κ3) is 4.29. The Labute approximate surface area is 144 Å². The van der Waals surface area contributed by atoms with Gasteiger partial charge in [0, 0.05) is 17.7 Å². The zero-order valence-corrected chi connectivity index (χ0v) is 13.1. The Morgan fingerprint density at radius 1 is 0.920 bits per heavy atom. The van der Waals surface area contributed by atoms with Gasteiger partial charge in [0.2, 0.25) is 5.69 Å². The van der Waals surface area contributed by atoms with E-state index in [0.717, 1.165) is 0 Å². The summed E-state index contributed by atoms with van der Waals surface area (Å²) < 4.78 is 18.8. The summed E-state index contributed by atoms with van der Waals surface area (Å²) in [5.41, 5.74) is 1.40. The maximum atomic E-state index is 12.9. The lowest BCUT2D eigenvalue weighted by Gasteiger charge is -2.05. The van der Waals surface area contributed by atoms with Crippen LogP contribution in [0.4, 0.5) is 10.1 Å². The second-order valence-electron chi connectivity index (χ2n) is 5.26. The van der Waals surface area contributed by atoms with E-state index < -0.39 is 11.8 Å². The number of nitrogens with zero attached hydrogens (tertiary/aromatic N) is 1. The van der Waals surface area contributed by atoms with Crippen molar-refractivity contribution in [1.82, 2.24) is 0 Å². The minimum atomic E-state index is -0.450. The lowest BCUT2D eigenvalue weighted by Crippen LogP contribution is -2.08. The Morgan fingerprint density at radius 2 is 1.56 bits per heavy atom. The molecule has 0 fully saturated rings. The molecule has 0 aliphatic carbocycles. The first-order valence-electron chi connectivity index (χ1n) is 7.56. The number of rotatable bonds is 4. The Kier molecular flexibility index (Phi) is 4.85. The molecule has 0 radical (unpaired) electrons. The summed E-state index contributed by atoms with van der Waals surface area (Å²) in [6.45, 7) is 0. The molecular formula is C20H14FNO3. The third-order valence-electron chi connectivity index (χ3n) is 3.45. The van der Waals surface area contributed by atoms with Crippen LogP contribution in [0.2, 0.25) is 0 Å². The number of hydrogen-bond acceptors (Lipinski definition) is 3. The molecule has 0 aliphatic rings. The normalized spacial score (nSPS) is 11.2. The fraction of sp³-hybridized carbons (Fsp3) is 0. The second-order valence-corrected chi connectivity index (χ2v) is 5.26. The SMILES string of the molecule is O=C(Oc1ccc(/C=[N+](\[O-])c2ccc(F)cc2)cc1)c1ccccc1. The molecule has 0 saturated heterocycles. The van der Waals surface area contributed by atoms with Gasteiger partial charge in [0.15, 0.2) is 6.21 Å². The van der Waals surface area contributed by atoms with Gasteiger partial charge in [-0.25, -0.2) is 9.18 Å². The summed E-state index contributed by atoms with van der Waals surface area (Å²) in [5, 5.41) is 12.0. The predicted molar refractivity (Wildman–Crippen MR) is 92.7 cm³/mol. The van der Waals surface area contributed by atoms with Gasteiger partial charge in [-0.2, -0.15) is 4.74 Å². The average Bonchev–Trinajstić information content (AvgIpc) is 2.64. The minimum absolute atomic E-state index is 0.320. The van der Waals surface area contributed by atoms with Crippen molar-refractivity contribution < 1.29 is 18.7 Å². The highest BCUT2D eigenvalue weighted by Gasteiger charge is 2.08. The summed E-state index contributed by atoms with van der Waals surface area (Å²) in [4.78, 5) is 12.0. The van der Waals surface area contributed by atoms with Crippen LogP contribution in [0.1, 0.15) is 15.9 Å². The van der Waals surface area contributed by atoms with E-state index in [2.05, 4.69) is 0 Å². The van der Waals surface area contributed by atoms with E-state index in [1.54, 1.807) is 48.5 Å². The monoisotopic (exact) mass is 335 g/mol. The number of esters is 1. The molecule has 3 aromatic rings. The van der Waals surface area contributed by atoms with Crippen LogP contribution in [0.15, 0.2) is 78.9 Å². The zero-order valence-electron chi connectivity index (χ0n) is 13.1. The van der Waals surface area contributed by atoms with E-state index in [-0.39, 0.29) is 0 Å². The molecule has 0 amide bonds. The van der Waals surface area contributed by atoms with E-state index in [0.29, 0.717) is 27.3 Å². The fourth-order valence-corrected chi connectivity index (χ4v) is 2.16. The van der Waals surface area contributed by atoms with Gasteiger partial charge in [-0.15, -0.1) is 0 Å². The van der Waals surface area contributed by atoms with E-state index in [4.69, 9.17) is 4.74 Å². The number of benzene rings is 3. The molecule has 5 heteroatoms. The zero-order chi connectivity index (χ0) is 17.6. The van der Waals surface area contributed by atoms with Gasteiger partial charge in [0.05, 0.1) is 5.56 Å². The highest BCUT2D eigenvalue weighted by Crippen LogP contribution is 2.15. The van der Waals surface area contributed by atoms with Crippen LogP contribution in [0.25, 0.3) is 0 Å². The van der Waals surface area contributed by atoms with Gasteiger partial charge in [-0.1, -0.05) is 18.2 Å². The van der Waals surface area contributed by atoms with Gasteiger partial charge in [-0.05, 0) is 48.5 Å². The first kappa shape index (κ1) is 16.4. The molecular weight excluding hydrogens is 321 g/mol. The van der Waals surface area contributed by atoms with Crippen molar-refractivity contribution in [3.05, 3.63) is 101 Å². The number of carbonyl (C=O) groups excluding carboxylic acids is 1. The molecule has 3 rings (SSSR count). The van der Waals surface area contributed by atoms with Crippen molar-refractivity contribution in [3.8, 4) is 5.75 Å². The van der Waals surface area contributed by atoms with Gasteiger partial charge in [0.1, 0.15) is 11.6 Å². The summed E-state index contributed by atoms with van der Waals surface area (Å²) >= 11 is 0. The molecule has 0 spiro atoms. The molecule has 0 N–H and O–H groups in total. The average molecular weight is 335 g/mol. The molecule has 0 bridgehead atoms. The molecule has 124 valence electrons. The molecule has 0 atom stereocenters. The highest BCUT2D eigenvalue weighted by atomic mass is 19.1. The largest absolute Gasteiger partial charge is 0.618 e. The van der Waals surface area contributed by atoms with Crippen LogP contribution in [0, 0.1) is 11.0 Å². The summed E-state index contributed by atoms with van der Waals surface area (Å²) in [6, 6.07) is 20.4. The fourth-order valence-electron chi connectivity index (χ4n) is 2.16. The summed E-state index contributed by atoms with van der Waals surface area (Å²) in [5.74, 6) is -0.471. The Bertz CT molecular complexity index is 888. The lowest BCUT2D eigenvalue weighted by atomic mass is 10.2. The molecule has 0 heterocycles. The number of ether oxygens (including phenoxy) is 1. The smallest absolute Gasteiger partial charge is 0.343 e. The van der Waals surface area contributed by atoms with Crippen molar-refractivity contribution in [2.24, 2.45) is 0 Å². The van der Waals surface area contributed by atoms with Gasteiger partial charge in [-0.3, -0.25) is 0 Å². The van der Waals surface area contributed by atoms with Crippen molar-refractivity contribution in [1.29, 1.82) is 0 Å². The third-order valence-corrected chi connectivity index (χ3v) is 3.45. The topological polar surface area (TPSA) is 52.4 Å². The van der Waals surface area contributed by atoms with E-state index in [1.807, 2.05) is 6.07 Å². The Balaban J connectivity index is 1.70. The molecule has 0 unspecified atom stereocenters. The molecule has 25 heavy (non-hydrogen) atoms. The highest BCUT2D eigenvalue weighted by molar-refractivity contribution is 5.91. The summed E-state index contributed by atoms with van der Waals surface area (Å²) in [7, 11) is 0. The Morgan fingerprint density at radius 3 is 2.20 bits per heavy atom. The maximum absolute atomic E-state index is 12.9. The summed E-state index contributed by atoms with van der Waals surface area (Å²) in [6.07, 6.45) is 1.36. The first-order valence-corrected chi connectivity index (χ1v) is 7.56. The van der Waals surface area contributed by atoms with Crippen LogP contribution in [-0.2, 0) is 0 Å². The standard InChI is InChI=1S/C20H14FNO3/c21-17-8-10-18(11-9-17)22(24)14-15-6-12-19(13-7-15)25-20(23)16-4-2-1-3-5-16/h1-14H/b22-14-. The van der Waals surface area contributed by atoms with Crippen molar-refractivity contribution in [2.45, 2.75) is 0 Å². The molecule has 0 aliphatic heterocycles. The molecule has 0 saturated carbocycles. The Hall–Kier alpha value is -3.47. The number of hydrogen-bond donors (Lipinski definition) is 0. The van der Waals surface area contributed by atoms with Crippen LogP contribution in [-0.4, -0.2) is 16.9 Å². The number of carbonyl (C=O) groups is 1. The maximum Gasteiger partial charge on any atom is 0.343 e. The predicted octanol–water partition coefficient (Wildman–Crippen LogP) is 4.31. The van der Waals surface area contributed by atoms with Crippen LogP contribution < -0.4 is 4.74 Å². The van der Waals surface area contributed by atoms with Crippen LogP contribution in [0.5, 0.6) is 5.75 Å². The van der Waals surface area contributed by atoms with Gasteiger partial charge < -0.3 is 9.94 Å².